The molecular formula is C26H34O12. The second kappa shape index (κ2) is 11.6. The largest absolute Gasteiger partial charge is 0.493 e. The molecule has 2 aliphatic heterocycles. The number of fused-ring (bicyclic) bond motifs is 1. The van der Waals surface area contributed by atoms with Gasteiger partial charge in [-0.25, -0.2) is 4.79 Å². The quantitative estimate of drug-likeness (QED) is 0.216. The van der Waals surface area contributed by atoms with Crippen molar-refractivity contribution < 1.29 is 58.7 Å². The molecule has 1 aliphatic carbocycles. The molecule has 1 aromatic carbocycles. The molecule has 210 valence electrons. The lowest BCUT2D eigenvalue weighted by atomic mass is 9.85. The number of aliphatic hydroxyl groups is 5. The number of carbonyl (C=O) groups excluding carboxylic acids is 1. The summed E-state index contributed by atoms with van der Waals surface area (Å²) in [6, 6.07) is 5.18. The predicted octanol–water partition coefficient (Wildman–Crippen LogP) is -0.298. The van der Waals surface area contributed by atoms with E-state index < -0.39 is 73.1 Å². The zero-order valence-corrected chi connectivity index (χ0v) is 21.2. The van der Waals surface area contributed by atoms with E-state index in [0.29, 0.717) is 17.1 Å². The number of carbonyl (C=O) groups is 1. The first kappa shape index (κ1) is 28.3. The zero-order chi connectivity index (χ0) is 27.6. The van der Waals surface area contributed by atoms with E-state index in [1.807, 2.05) is 0 Å². The van der Waals surface area contributed by atoms with Crippen LogP contribution in [0.1, 0.15) is 18.9 Å². The van der Waals surface area contributed by atoms with Crippen molar-refractivity contribution in [3.8, 4) is 11.5 Å². The molecule has 12 nitrogen and oxygen atoms in total. The van der Waals surface area contributed by atoms with Crippen LogP contribution in [0.3, 0.4) is 0 Å². The van der Waals surface area contributed by atoms with Gasteiger partial charge in [0.2, 0.25) is 6.29 Å². The second-order valence-corrected chi connectivity index (χ2v) is 9.75. The summed E-state index contributed by atoms with van der Waals surface area (Å²) in [4.78, 5) is 12.7. The summed E-state index contributed by atoms with van der Waals surface area (Å²) in [5, 5.41) is 51.0. The summed E-state index contributed by atoms with van der Waals surface area (Å²) in [6.07, 6.45) is -3.35. The number of hydrogen-bond donors (Lipinski definition) is 5. The molecule has 4 rings (SSSR count). The Balaban J connectivity index is 1.44. The fourth-order valence-electron chi connectivity index (χ4n) is 5.20. The molecule has 10 atom stereocenters. The summed E-state index contributed by atoms with van der Waals surface area (Å²) in [5.74, 6) is -0.777. The summed E-state index contributed by atoms with van der Waals surface area (Å²) < 4.78 is 32.9. The summed E-state index contributed by atoms with van der Waals surface area (Å²) >= 11 is 0. The minimum absolute atomic E-state index is 0.0838. The molecule has 0 unspecified atom stereocenters. The second-order valence-electron chi connectivity index (χ2n) is 9.75. The average molecular weight is 539 g/mol. The first-order valence-corrected chi connectivity index (χ1v) is 12.2. The van der Waals surface area contributed by atoms with Gasteiger partial charge in [0.15, 0.2) is 17.8 Å². The third-order valence-corrected chi connectivity index (χ3v) is 7.19. The van der Waals surface area contributed by atoms with Gasteiger partial charge >= 0.3 is 5.97 Å². The van der Waals surface area contributed by atoms with Crippen molar-refractivity contribution in [2.75, 3.05) is 20.8 Å². The summed E-state index contributed by atoms with van der Waals surface area (Å²) in [6.45, 7) is 0.943. The van der Waals surface area contributed by atoms with Crippen molar-refractivity contribution >= 4 is 12.0 Å². The maximum absolute atomic E-state index is 12.7. The summed E-state index contributed by atoms with van der Waals surface area (Å²) in [7, 11) is 3.04. The van der Waals surface area contributed by atoms with E-state index >= 15 is 0 Å². The Labute approximate surface area is 219 Å². The number of rotatable bonds is 8. The van der Waals surface area contributed by atoms with Gasteiger partial charge in [-0.05, 0) is 36.8 Å². The van der Waals surface area contributed by atoms with Gasteiger partial charge < -0.3 is 54.0 Å². The fourth-order valence-corrected chi connectivity index (χ4v) is 5.20. The van der Waals surface area contributed by atoms with Gasteiger partial charge in [0.05, 0.1) is 38.6 Å². The van der Waals surface area contributed by atoms with Crippen LogP contribution in [-0.2, 0) is 23.7 Å². The Morgan fingerprint density at radius 1 is 1.11 bits per heavy atom. The first-order chi connectivity index (χ1) is 18.1. The van der Waals surface area contributed by atoms with Crippen molar-refractivity contribution in [3.05, 3.63) is 42.2 Å². The fraction of sp³-hybridized carbons (Fsp3) is 0.577. The molecule has 0 spiro atoms. The number of hydrogen-bond acceptors (Lipinski definition) is 12. The molecule has 1 saturated heterocycles. The van der Waals surface area contributed by atoms with E-state index in [0.717, 1.165) is 0 Å². The van der Waals surface area contributed by atoms with Gasteiger partial charge in [-0.1, -0.05) is 6.07 Å². The Morgan fingerprint density at radius 2 is 1.84 bits per heavy atom. The van der Waals surface area contributed by atoms with Gasteiger partial charge in [-0.2, -0.15) is 0 Å². The molecule has 2 heterocycles. The highest BCUT2D eigenvalue weighted by atomic mass is 16.8. The number of ether oxygens (including phenoxy) is 6. The maximum atomic E-state index is 12.7. The molecule has 38 heavy (non-hydrogen) atoms. The van der Waals surface area contributed by atoms with Crippen LogP contribution < -0.4 is 9.47 Å². The lowest BCUT2D eigenvalue weighted by Gasteiger charge is -2.43. The highest BCUT2D eigenvalue weighted by molar-refractivity contribution is 5.87. The molecule has 0 aromatic heterocycles. The average Bonchev–Trinajstić information content (AvgIpc) is 3.17. The normalized spacial score (nSPS) is 38.5. The number of aliphatic hydroxyl groups excluding tert-OH is 4. The number of benzene rings is 1. The molecule has 3 aliphatic rings. The standard InChI is InChI=1S/C26H34O12/c1-26(32)11-17(36-19(28)7-5-13-4-6-15(33-2)16(10-13)34-3)14-8-9-35-24(20(14)26)38-25-23(31)22(30)21(29)18(12-27)37-25/h4-10,14,17-18,20-25,27,29-32H,11-12H2,1-3H3/t14-,17+,18+,20+,21+,22-,23+,24-,25-,26-/m0/s1. The van der Waals surface area contributed by atoms with Gasteiger partial charge in [0.25, 0.3) is 0 Å². The number of esters is 1. The van der Waals surface area contributed by atoms with Gasteiger partial charge in [-0.15, -0.1) is 0 Å². The van der Waals surface area contributed by atoms with Crippen LogP contribution in [0.25, 0.3) is 6.08 Å². The topological polar surface area (TPSA) is 174 Å². The van der Waals surface area contributed by atoms with Crippen LogP contribution in [-0.4, -0.2) is 101 Å². The number of methoxy groups -OCH3 is 2. The van der Waals surface area contributed by atoms with Crippen molar-refractivity contribution in [1.82, 2.24) is 0 Å². The van der Waals surface area contributed by atoms with Crippen LogP contribution in [0.4, 0.5) is 0 Å². The molecule has 0 radical (unpaired) electrons. The first-order valence-electron chi connectivity index (χ1n) is 12.2. The molecule has 0 amide bonds. The zero-order valence-electron chi connectivity index (χ0n) is 21.2. The molecule has 2 fully saturated rings. The Kier molecular flexibility index (Phi) is 8.62. The van der Waals surface area contributed by atoms with E-state index in [1.165, 1.54) is 26.6 Å². The van der Waals surface area contributed by atoms with Crippen LogP contribution in [0.2, 0.25) is 0 Å². The smallest absolute Gasteiger partial charge is 0.331 e. The van der Waals surface area contributed by atoms with Crippen molar-refractivity contribution in [3.63, 3.8) is 0 Å². The predicted molar refractivity (Wildman–Crippen MR) is 130 cm³/mol. The van der Waals surface area contributed by atoms with Gasteiger partial charge in [0.1, 0.15) is 30.5 Å². The molecular weight excluding hydrogens is 504 g/mol. The summed E-state index contributed by atoms with van der Waals surface area (Å²) in [5.41, 5.74) is -0.707. The molecule has 1 aromatic rings. The van der Waals surface area contributed by atoms with Crippen LogP contribution >= 0.6 is 0 Å². The third kappa shape index (κ3) is 5.66. The van der Waals surface area contributed by atoms with Gasteiger partial charge in [-0.3, -0.25) is 0 Å². The van der Waals surface area contributed by atoms with E-state index in [2.05, 4.69) is 0 Å². The van der Waals surface area contributed by atoms with Crippen LogP contribution in [0, 0.1) is 11.8 Å². The molecule has 5 N–H and O–H groups in total. The minimum atomic E-state index is -1.64. The Bertz CT molecular complexity index is 1040. The minimum Gasteiger partial charge on any atom is -0.493 e. The highest BCUT2D eigenvalue weighted by Gasteiger charge is 2.57. The van der Waals surface area contributed by atoms with E-state index in [1.54, 1.807) is 37.3 Å². The Hall–Kier alpha value is -2.71. The van der Waals surface area contributed by atoms with Crippen molar-refractivity contribution in [1.29, 1.82) is 0 Å². The van der Waals surface area contributed by atoms with Crippen molar-refractivity contribution in [2.45, 2.75) is 62.0 Å². The van der Waals surface area contributed by atoms with E-state index in [9.17, 15) is 30.3 Å². The van der Waals surface area contributed by atoms with Crippen LogP contribution in [0.15, 0.2) is 36.6 Å². The highest BCUT2D eigenvalue weighted by Crippen LogP contribution is 2.48. The van der Waals surface area contributed by atoms with Gasteiger partial charge in [0, 0.05) is 18.4 Å². The van der Waals surface area contributed by atoms with E-state index in [-0.39, 0.29) is 6.42 Å². The van der Waals surface area contributed by atoms with Crippen molar-refractivity contribution in [2.24, 2.45) is 11.8 Å². The third-order valence-electron chi connectivity index (χ3n) is 7.19. The molecule has 12 heteroatoms. The molecule has 1 saturated carbocycles. The van der Waals surface area contributed by atoms with E-state index in [4.69, 9.17) is 28.4 Å². The monoisotopic (exact) mass is 538 g/mol. The lowest BCUT2D eigenvalue weighted by Crippen LogP contribution is -2.60. The van der Waals surface area contributed by atoms with Crippen LogP contribution in [0.5, 0.6) is 11.5 Å². The lowest BCUT2D eigenvalue weighted by molar-refractivity contribution is -0.346. The maximum Gasteiger partial charge on any atom is 0.331 e. The SMILES string of the molecule is COc1ccc(C=CC(=O)O[C@@H]2C[C@](C)(O)[C@H]3[C@H](O[C@@H]4O[C@H](CO)[C@@H](O)[C@H](O)[C@H]4O)OC=C[C@H]32)cc1OC. The molecule has 0 bridgehead atoms. The Morgan fingerprint density at radius 3 is 2.53 bits per heavy atom.